The lowest BCUT2D eigenvalue weighted by Crippen LogP contribution is -2.59. The first-order chi connectivity index (χ1) is 15.6. The van der Waals surface area contributed by atoms with Gasteiger partial charge in [0.05, 0.1) is 0 Å². The fourth-order valence-electron chi connectivity index (χ4n) is 5.47. The molecule has 0 spiro atoms. The molecule has 2 aliphatic heterocycles. The van der Waals surface area contributed by atoms with Crippen LogP contribution in [0.15, 0.2) is 0 Å². The highest BCUT2D eigenvalue weighted by Crippen LogP contribution is 2.27. The van der Waals surface area contributed by atoms with Crippen LogP contribution in [0.1, 0.15) is 40.5 Å². The molecule has 0 amide bonds. The summed E-state index contributed by atoms with van der Waals surface area (Å²) < 4.78 is 0. The molecular weight excluding hydrogens is 400 g/mol. The fraction of sp³-hybridized carbons (Fsp3) is 1.00. The molecule has 2 aliphatic rings. The van der Waals surface area contributed by atoms with Crippen LogP contribution in [0.3, 0.4) is 0 Å². The molecule has 8 N–H and O–H groups in total. The third-order valence-corrected chi connectivity index (χ3v) is 7.24. The van der Waals surface area contributed by atoms with E-state index in [1.165, 1.54) is 12.8 Å². The van der Waals surface area contributed by atoms with Crippen LogP contribution in [0.25, 0.3) is 0 Å². The monoisotopic (exact) mass is 454 g/mol. The van der Waals surface area contributed by atoms with Gasteiger partial charge in [0.2, 0.25) is 0 Å². The van der Waals surface area contributed by atoms with E-state index in [1.54, 1.807) is 0 Å². The minimum absolute atomic E-state index is 0.434. The van der Waals surface area contributed by atoms with E-state index < -0.39 is 0 Å². The lowest BCUT2D eigenvalue weighted by molar-refractivity contribution is 0.134. The van der Waals surface area contributed by atoms with Crippen LogP contribution >= 0.6 is 0 Å². The average molecular weight is 455 g/mol. The maximum Gasteiger partial charge on any atom is 0.00861 e. The Labute approximate surface area is 198 Å². The Balaban J connectivity index is 2.13. The zero-order valence-electron chi connectivity index (χ0n) is 21.4. The minimum Gasteiger partial charge on any atom is -0.315 e. The van der Waals surface area contributed by atoms with Gasteiger partial charge in [-0.2, -0.15) is 0 Å². The molecule has 0 aromatic carbocycles. The van der Waals surface area contributed by atoms with Gasteiger partial charge in [0.1, 0.15) is 0 Å². The first kappa shape index (κ1) is 27.9. The van der Waals surface area contributed by atoms with Crippen LogP contribution in [0.5, 0.6) is 0 Å². The van der Waals surface area contributed by atoms with Crippen LogP contribution in [0, 0.1) is 11.8 Å². The molecule has 0 aliphatic carbocycles. The predicted molar refractivity (Wildman–Crippen MR) is 138 cm³/mol. The first-order valence-corrected chi connectivity index (χ1v) is 13.4. The minimum atomic E-state index is 0.434. The van der Waals surface area contributed by atoms with Gasteiger partial charge in [-0.15, -0.1) is 0 Å². The third-order valence-electron chi connectivity index (χ3n) is 7.24. The van der Waals surface area contributed by atoms with Crippen molar-refractivity contribution in [2.45, 2.75) is 64.7 Å². The molecule has 2 unspecified atom stereocenters. The Morgan fingerprint density at radius 1 is 0.344 bits per heavy atom. The Kier molecular flexibility index (Phi) is 15.0. The van der Waals surface area contributed by atoms with Crippen molar-refractivity contribution in [1.82, 2.24) is 42.5 Å². The second-order valence-electron chi connectivity index (χ2n) is 9.83. The molecule has 2 heterocycles. The maximum atomic E-state index is 3.86. The zero-order chi connectivity index (χ0) is 23.0. The highest BCUT2D eigenvalue weighted by atomic mass is 15.1. The van der Waals surface area contributed by atoms with E-state index >= 15 is 0 Å². The van der Waals surface area contributed by atoms with Crippen LogP contribution < -0.4 is 42.5 Å². The summed E-state index contributed by atoms with van der Waals surface area (Å²) in [6.07, 6.45) is 2.37. The molecule has 0 saturated carbocycles. The van der Waals surface area contributed by atoms with E-state index in [9.17, 15) is 0 Å². The summed E-state index contributed by atoms with van der Waals surface area (Å²) in [5.41, 5.74) is 0. The molecule has 0 aromatic rings. The average Bonchev–Trinajstić information content (AvgIpc) is 2.77. The van der Waals surface area contributed by atoms with E-state index in [0.717, 1.165) is 78.5 Å². The highest BCUT2D eigenvalue weighted by Gasteiger charge is 2.37. The van der Waals surface area contributed by atoms with Crippen molar-refractivity contribution in [3.8, 4) is 0 Å². The van der Waals surface area contributed by atoms with Crippen LogP contribution in [-0.4, -0.2) is 103 Å². The molecule has 6 atom stereocenters. The second-order valence-corrected chi connectivity index (χ2v) is 9.83. The van der Waals surface area contributed by atoms with Crippen molar-refractivity contribution in [2.75, 3.05) is 78.5 Å². The van der Waals surface area contributed by atoms with Crippen molar-refractivity contribution in [2.24, 2.45) is 11.8 Å². The molecule has 0 radical (unpaired) electrons. The molecule has 2 rings (SSSR count). The molecule has 32 heavy (non-hydrogen) atoms. The molecule has 0 bridgehead atoms. The van der Waals surface area contributed by atoms with Crippen LogP contribution in [-0.2, 0) is 0 Å². The van der Waals surface area contributed by atoms with Crippen molar-refractivity contribution in [1.29, 1.82) is 0 Å². The Hall–Kier alpha value is -0.320. The van der Waals surface area contributed by atoms with Crippen molar-refractivity contribution >= 4 is 0 Å². The normalized spacial score (nSPS) is 37.1. The Morgan fingerprint density at radius 3 is 0.844 bits per heavy atom. The number of rotatable bonds is 1. The topological polar surface area (TPSA) is 96.2 Å². The highest BCUT2D eigenvalue weighted by molar-refractivity contribution is 4.95. The lowest BCUT2D eigenvalue weighted by Gasteiger charge is -2.43. The zero-order valence-corrected chi connectivity index (χ0v) is 21.4. The molecule has 0 aromatic heterocycles. The number of hydrogen-bond acceptors (Lipinski definition) is 8. The van der Waals surface area contributed by atoms with Gasteiger partial charge in [0.25, 0.3) is 0 Å². The summed E-state index contributed by atoms with van der Waals surface area (Å²) in [7, 11) is 0. The summed E-state index contributed by atoms with van der Waals surface area (Å²) in [5, 5.41) is 29.8. The smallest absolute Gasteiger partial charge is 0.00861 e. The number of hydrogen-bond donors (Lipinski definition) is 8. The fourth-order valence-corrected chi connectivity index (χ4v) is 5.47. The largest absolute Gasteiger partial charge is 0.315 e. The molecule has 2 fully saturated rings. The molecule has 2 saturated heterocycles. The third kappa shape index (κ3) is 10.7. The van der Waals surface area contributed by atoms with Gasteiger partial charge in [-0.25, -0.2) is 0 Å². The van der Waals surface area contributed by atoms with E-state index in [2.05, 4.69) is 70.2 Å². The van der Waals surface area contributed by atoms with Crippen LogP contribution in [0.4, 0.5) is 0 Å². The molecule has 8 nitrogen and oxygen atoms in total. The number of nitrogens with one attached hydrogen (secondary N) is 8. The van der Waals surface area contributed by atoms with Gasteiger partial charge < -0.3 is 42.5 Å². The van der Waals surface area contributed by atoms with E-state index in [4.69, 9.17) is 0 Å². The summed E-state index contributed by atoms with van der Waals surface area (Å²) in [6.45, 7) is 22.1. The van der Waals surface area contributed by atoms with Gasteiger partial charge >= 0.3 is 0 Å². The van der Waals surface area contributed by atoms with E-state index in [-0.39, 0.29) is 0 Å². The SMILES string of the molecule is C[C@@H]1NCCNCCCNCCN[C@H](C)C1C1[C@H](C)NCCNCCCNCCN[C@@H]1C. The maximum absolute atomic E-state index is 3.86. The van der Waals surface area contributed by atoms with E-state index in [1.807, 2.05) is 0 Å². The summed E-state index contributed by atoms with van der Waals surface area (Å²) in [5.74, 6) is 1.02. The van der Waals surface area contributed by atoms with Crippen LogP contribution in [0.2, 0.25) is 0 Å². The van der Waals surface area contributed by atoms with Gasteiger partial charge in [-0.3, -0.25) is 0 Å². The Morgan fingerprint density at radius 2 is 0.594 bits per heavy atom. The Bertz CT molecular complexity index is 376. The molecule has 190 valence electrons. The van der Waals surface area contributed by atoms with Gasteiger partial charge in [-0.1, -0.05) is 0 Å². The van der Waals surface area contributed by atoms with Gasteiger partial charge in [0.15, 0.2) is 0 Å². The lowest BCUT2D eigenvalue weighted by atomic mass is 9.74. The van der Waals surface area contributed by atoms with Crippen molar-refractivity contribution in [3.63, 3.8) is 0 Å². The van der Waals surface area contributed by atoms with Crippen molar-refractivity contribution < 1.29 is 0 Å². The summed E-state index contributed by atoms with van der Waals surface area (Å²) >= 11 is 0. The quantitative estimate of drug-likeness (QED) is 0.264. The first-order valence-electron chi connectivity index (χ1n) is 13.4. The summed E-state index contributed by atoms with van der Waals surface area (Å²) in [4.78, 5) is 0. The van der Waals surface area contributed by atoms with Crippen molar-refractivity contribution in [3.05, 3.63) is 0 Å². The predicted octanol–water partition coefficient (Wildman–Crippen LogP) is -0.703. The molecular formula is C24H54N8. The van der Waals surface area contributed by atoms with Gasteiger partial charge in [-0.05, 0) is 78.6 Å². The molecule has 8 heteroatoms. The summed E-state index contributed by atoms with van der Waals surface area (Å²) in [6, 6.07) is 1.74. The van der Waals surface area contributed by atoms with Gasteiger partial charge in [0, 0.05) is 76.5 Å². The van der Waals surface area contributed by atoms with E-state index in [0.29, 0.717) is 36.0 Å². The second kappa shape index (κ2) is 17.2. The standard InChI is InChI=1S/C24H54N8/c1-19-23(20(2)30-16-12-26-8-5-7-25-11-15-29-19)24-21(3)31-17-13-27-9-6-10-28-14-18-32-22(24)4/h19-32H,5-18H2,1-4H3/t19-,20+,21-,22+,23?,24?.